The summed E-state index contributed by atoms with van der Waals surface area (Å²) in [5.41, 5.74) is 2.96. The van der Waals surface area contributed by atoms with Crippen molar-refractivity contribution in [3.8, 4) is 0 Å². The third kappa shape index (κ3) is 3.78. The largest absolute Gasteiger partial charge is 0.368 e. The molecule has 0 N–H and O–H groups in total. The summed E-state index contributed by atoms with van der Waals surface area (Å²) in [4.78, 5) is 24.0. The van der Waals surface area contributed by atoms with E-state index in [0.717, 1.165) is 54.0 Å². The molecule has 0 saturated carbocycles. The number of guanidine groups is 1. The minimum absolute atomic E-state index is 0.0345. The number of aryl methyl sites for hydroxylation is 1. The number of nitrogens with zero attached hydrogens (tertiary/aromatic N) is 4. The van der Waals surface area contributed by atoms with Crippen molar-refractivity contribution in [2.75, 3.05) is 44.2 Å². The molecule has 2 aliphatic heterocycles. The first-order chi connectivity index (χ1) is 13.1. The maximum atomic E-state index is 13.0. The predicted octanol–water partition coefficient (Wildman–Crippen LogP) is 3.28. The summed E-state index contributed by atoms with van der Waals surface area (Å²) in [5.74, 6) is 0.847. The first-order valence-electron chi connectivity index (χ1n) is 9.30. The van der Waals surface area contributed by atoms with Crippen LogP contribution in [0.1, 0.15) is 15.9 Å². The molecule has 5 nitrogen and oxygen atoms in total. The number of rotatable bonds is 2. The van der Waals surface area contributed by atoms with E-state index in [4.69, 9.17) is 11.6 Å². The fraction of sp³-hybridized carbons (Fsp3) is 0.333. The minimum atomic E-state index is 0.0345. The molecule has 1 fully saturated rings. The van der Waals surface area contributed by atoms with Gasteiger partial charge in [0.1, 0.15) is 0 Å². The molecule has 0 aromatic heterocycles. The van der Waals surface area contributed by atoms with E-state index in [9.17, 15) is 4.79 Å². The van der Waals surface area contributed by atoms with Crippen LogP contribution in [0.4, 0.5) is 5.69 Å². The van der Waals surface area contributed by atoms with Crippen LogP contribution < -0.4 is 4.90 Å². The molecular formula is C21H23ClN4O. The highest BCUT2D eigenvalue weighted by Crippen LogP contribution is 2.22. The fourth-order valence-electron chi connectivity index (χ4n) is 3.67. The molecular weight excluding hydrogens is 360 g/mol. The maximum absolute atomic E-state index is 13.0. The Hall–Kier alpha value is -2.53. The zero-order valence-corrected chi connectivity index (χ0v) is 16.2. The molecule has 27 heavy (non-hydrogen) atoms. The van der Waals surface area contributed by atoms with Gasteiger partial charge in [-0.1, -0.05) is 35.4 Å². The van der Waals surface area contributed by atoms with Crippen LogP contribution in [0.3, 0.4) is 0 Å². The standard InChI is InChI=1S/C21H23ClN4O/c1-16-4-2-5-17(14-16)20(27)26-9-8-23-21(26)25-12-10-24(11-13-25)19-7-3-6-18(22)15-19/h2-7,14-15H,8-13H2,1H3. The van der Waals surface area contributed by atoms with Crippen molar-refractivity contribution >= 4 is 29.2 Å². The van der Waals surface area contributed by atoms with E-state index in [-0.39, 0.29) is 5.91 Å². The lowest BCUT2D eigenvalue weighted by molar-refractivity contribution is 0.0843. The average Bonchev–Trinajstić information content (AvgIpc) is 3.17. The molecule has 0 aliphatic carbocycles. The van der Waals surface area contributed by atoms with Crippen LogP contribution >= 0.6 is 11.6 Å². The highest BCUT2D eigenvalue weighted by molar-refractivity contribution is 6.30. The Balaban J connectivity index is 1.44. The second-order valence-corrected chi connectivity index (χ2v) is 7.40. The van der Waals surface area contributed by atoms with Gasteiger partial charge in [0, 0.05) is 49.0 Å². The van der Waals surface area contributed by atoms with Gasteiger partial charge < -0.3 is 9.80 Å². The van der Waals surface area contributed by atoms with Gasteiger partial charge in [0.2, 0.25) is 5.96 Å². The molecule has 6 heteroatoms. The summed E-state index contributed by atoms with van der Waals surface area (Å²) < 4.78 is 0. The first kappa shape index (κ1) is 17.9. The van der Waals surface area contributed by atoms with E-state index in [1.54, 1.807) is 0 Å². The Labute approximate surface area is 164 Å². The van der Waals surface area contributed by atoms with Crippen molar-refractivity contribution < 1.29 is 4.79 Å². The first-order valence-corrected chi connectivity index (χ1v) is 9.68. The molecule has 140 valence electrons. The van der Waals surface area contributed by atoms with Gasteiger partial charge in [-0.3, -0.25) is 14.7 Å². The normalized spacial score (nSPS) is 17.3. The third-order valence-electron chi connectivity index (χ3n) is 5.06. The van der Waals surface area contributed by atoms with Gasteiger partial charge >= 0.3 is 0 Å². The van der Waals surface area contributed by atoms with Crippen LogP contribution in [-0.4, -0.2) is 60.9 Å². The lowest BCUT2D eigenvalue weighted by atomic mass is 10.1. The summed E-state index contributed by atoms with van der Waals surface area (Å²) in [5, 5.41) is 0.755. The van der Waals surface area contributed by atoms with Gasteiger partial charge in [0.05, 0.1) is 6.54 Å². The average molecular weight is 383 g/mol. The molecule has 2 aromatic carbocycles. The van der Waals surface area contributed by atoms with E-state index in [0.29, 0.717) is 13.1 Å². The molecule has 1 amide bonds. The van der Waals surface area contributed by atoms with Crippen molar-refractivity contribution in [3.05, 3.63) is 64.7 Å². The number of anilines is 1. The van der Waals surface area contributed by atoms with Gasteiger partial charge in [-0.25, -0.2) is 0 Å². The van der Waals surface area contributed by atoms with Crippen molar-refractivity contribution in [3.63, 3.8) is 0 Å². The van der Waals surface area contributed by atoms with E-state index in [2.05, 4.69) is 20.9 Å². The SMILES string of the molecule is Cc1cccc(C(=O)N2CCN=C2N2CCN(c3cccc(Cl)c3)CC2)c1. The summed E-state index contributed by atoms with van der Waals surface area (Å²) in [6, 6.07) is 15.7. The van der Waals surface area contributed by atoms with Gasteiger partial charge in [-0.15, -0.1) is 0 Å². The zero-order valence-electron chi connectivity index (χ0n) is 15.4. The number of benzene rings is 2. The number of aliphatic imine (C=N–C) groups is 1. The quantitative estimate of drug-likeness (QED) is 0.800. The van der Waals surface area contributed by atoms with E-state index < -0.39 is 0 Å². The predicted molar refractivity (Wildman–Crippen MR) is 110 cm³/mol. The molecule has 0 atom stereocenters. The minimum Gasteiger partial charge on any atom is -0.368 e. The van der Waals surface area contributed by atoms with E-state index >= 15 is 0 Å². The molecule has 4 rings (SSSR count). The fourth-order valence-corrected chi connectivity index (χ4v) is 3.85. The Kier molecular flexibility index (Phi) is 5.03. The van der Waals surface area contributed by atoms with Crippen molar-refractivity contribution in [2.45, 2.75) is 6.92 Å². The number of hydrogen-bond donors (Lipinski definition) is 0. The number of carbonyl (C=O) groups excluding carboxylic acids is 1. The smallest absolute Gasteiger partial charge is 0.260 e. The van der Waals surface area contributed by atoms with Gasteiger partial charge in [0.25, 0.3) is 5.91 Å². The van der Waals surface area contributed by atoms with Gasteiger partial charge in [0.15, 0.2) is 0 Å². The monoisotopic (exact) mass is 382 g/mol. The Bertz CT molecular complexity index is 874. The molecule has 2 aromatic rings. The molecule has 0 radical (unpaired) electrons. The number of amides is 1. The Morgan fingerprint density at radius 2 is 1.70 bits per heavy atom. The summed E-state index contributed by atoms with van der Waals surface area (Å²) in [7, 11) is 0. The van der Waals surface area contributed by atoms with Crippen LogP contribution in [0.5, 0.6) is 0 Å². The highest BCUT2D eigenvalue weighted by Gasteiger charge is 2.30. The van der Waals surface area contributed by atoms with Crippen LogP contribution in [0.15, 0.2) is 53.5 Å². The molecule has 2 heterocycles. The lowest BCUT2D eigenvalue weighted by Crippen LogP contribution is -2.53. The van der Waals surface area contributed by atoms with Crippen molar-refractivity contribution in [1.82, 2.24) is 9.80 Å². The number of halogens is 1. The Morgan fingerprint density at radius 3 is 2.44 bits per heavy atom. The lowest BCUT2D eigenvalue weighted by Gasteiger charge is -2.38. The molecule has 0 spiro atoms. The zero-order chi connectivity index (χ0) is 18.8. The van der Waals surface area contributed by atoms with Crippen LogP contribution in [0.2, 0.25) is 5.02 Å². The second kappa shape index (κ2) is 7.61. The summed E-state index contributed by atoms with van der Waals surface area (Å²) >= 11 is 6.12. The van der Waals surface area contributed by atoms with Crippen LogP contribution in [0.25, 0.3) is 0 Å². The molecule has 1 saturated heterocycles. The highest BCUT2D eigenvalue weighted by atomic mass is 35.5. The van der Waals surface area contributed by atoms with Gasteiger partial charge in [-0.2, -0.15) is 0 Å². The summed E-state index contributed by atoms with van der Waals surface area (Å²) in [6.07, 6.45) is 0. The molecule has 2 aliphatic rings. The van der Waals surface area contributed by atoms with E-state index in [1.807, 2.05) is 54.3 Å². The topological polar surface area (TPSA) is 39.2 Å². The third-order valence-corrected chi connectivity index (χ3v) is 5.30. The number of carbonyl (C=O) groups is 1. The molecule has 0 unspecified atom stereocenters. The maximum Gasteiger partial charge on any atom is 0.260 e. The number of hydrogen-bond acceptors (Lipinski definition) is 4. The molecule has 0 bridgehead atoms. The Morgan fingerprint density at radius 1 is 0.963 bits per heavy atom. The van der Waals surface area contributed by atoms with Crippen LogP contribution in [-0.2, 0) is 0 Å². The van der Waals surface area contributed by atoms with E-state index in [1.165, 1.54) is 0 Å². The van der Waals surface area contributed by atoms with Crippen molar-refractivity contribution in [2.24, 2.45) is 4.99 Å². The summed E-state index contributed by atoms with van der Waals surface area (Å²) in [6.45, 7) is 6.76. The number of piperazine rings is 1. The van der Waals surface area contributed by atoms with Crippen LogP contribution in [0, 0.1) is 6.92 Å². The van der Waals surface area contributed by atoms with Gasteiger partial charge in [-0.05, 0) is 37.3 Å². The van der Waals surface area contributed by atoms with Crippen molar-refractivity contribution in [1.29, 1.82) is 0 Å². The second-order valence-electron chi connectivity index (χ2n) is 6.96.